The Morgan fingerprint density at radius 2 is 2.11 bits per heavy atom. The highest BCUT2D eigenvalue weighted by molar-refractivity contribution is 6.19. The minimum Gasteiger partial charge on any atom is -0.482 e. The first-order chi connectivity index (χ1) is 8.75. The van der Waals surface area contributed by atoms with Crippen molar-refractivity contribution in [2.24, 2.45) is 0 Å². The molecule has 0 heterocycles. The van der Waals surface area contributed by atoms with Crippen LogP contribution in [0.2, 0.25) is 0 Å². The zero-order valence-corrected chi connectivity index (χ0v) is 10.3. The molecule has 0 radical (unpaired) electrons. The van der Waals surface area contributed by atoms with E-state index >= 15 is 0 Å². The summed E-state index contributed by atoms with van der Waals surface area (Å²) in [7, 11) is 0. The molecule has 0 bridgehead atoms. The van der Waals surface area contributed by atoms with Gasteiger partial charge in [-0.05, 0) is 17.7 Å². The van der Waals surface area contributed by atoms with Crippen LogP contribution < -0.4 is 4.74 Å². The smallest absolute Gasteiger partial charge is 0.416 e. The van der Waals surface area contributed by atoms with Crippen LogP contribution in [0, 0.1) is 10.1 Å². The van der Waals surface area contributed by atoms with Crippen LogP contribution in [0.1, 0.15) is 5.56 Å². The zero-order valence-electron chi connectivity index (χ0n) is 9.54. The average Bonchev–Trinajstić information content (AvgIpc) is 2.34. The molecule has 4 nitrogen and oxygen atoms in total. The summed E-state index contributed by atoms with van der Waals surface area (Å²) in [6, 6.07) is 2.05. The van der Waals surface area contributed by atoms with Gasteiger partial charge in [-0.3, -0.25) is 10.1 Å². The van der Waals surface area contributed by atoms with E-state index in [0.717, 1.165) is 6.07 Å². The van der Waals surface area contributed by atoms with Crippen molar-refractivity contribution in [1.82, 2.24) is 0 Å². The molecule has 0 atom stereocenters. The Hall–Kier alpha value is -1.76. The highest BCUT2D eigenvalue weighted by atomic mass is 35.5. The molecule has 0 N–H and O–H groups in total. The number of benzene rings is 1. The van der Waals surface area contributed by atoms with E-state index in [1.165, 1.54) is 0 Å². The molecule has 19 heavy (non-hydrogen) atoms. The van der Waals surface area contributed by atoms with Crippen molar-refractivity contribution in [2.75, 3.05) is 12.5 Å². The van der Waals surface area contributed by atoms with Crippen molar-refractivity contribution in [1.29, 1.82) is 0 Å². The molecule has 1 aromatic carbocycles. The SMILES string of the molecule is C=C(CCl)COc1ccc(C(F)(F)F)cc1[N+](=O)[O-]. The summed E-state index contributed by atoms with van der Waals surface area (Å²) >= 11 is 5.44. The van der Waals surface area contributed by atoms with Gasteiger partial charge in [0.2, 0.25) is 0 Å². The van der Waals surface area contributed by atoms with E-state index in [-0.39, 0.29) is 18.2 Å². The van der Waals surface area contributed by atoms with E-state index in [9.17, 15) is 23.3 Å². The second-order valence-corrected chi connectivity index (χ2v) is 3.88. The third kappa shape index (κ3) is 4.13. The molecule has 104 valence electrons. The number of nitrogens with zero attached hydrogens (tertiary/aromatic N) is 1. The van der Waals surface area contributed by atoms with Crippen molar-refractivity contribution in [3.05, 3.63) is 46.0 Å². The Balaban J connectivity index is 3.05. The number of hydrogen-bond acceptors (Lipinski definition) is 3. The first kappa shape index (κ1) is 15.3. The summed E-state index contributed by atoms with van der Waals surface area (Å²) in [6.07, 6.45) is -4.65. The fourth-order valence-electron chi connectivity index (χ4n) is 1.18. The van der Waals surface area contributed by atoms with E-state index in [1.54, 1.807) is 0 Å². The van der Waals surface area contributed by atoms with E-state index in [4.69, 9.17) is 16.3 Å². The standard InChI is InChI=1S/C11H9ClF3NO3/c1-7(5-12)6-19-10-3-2-8(11(13,14)15)4-9(10)16(17)18/h2-4H,1,5-6H2. The van der Waals surface area contributed by atoms with Gasteiger partial charge in [0.05, 0.1) is 10.5 Å². The maximum atomic E-state index is 12.4. The Bertz CT molecular complexity index is 502. The van der Waals surface area contributed by atoms with Crippen molar-refractivity contribution >= 4 is 17.3 Å². The van der Waals surface area contributed by atoms with Crippen molar-refractivity contribution < 1.29 is 22.8 Å². The molecule has 0 aliphatic rings. The highest BCUT2D eigenvalue weighted by Crippen LogP contribution is 2.36. The molecule has 0 saturated carbocycles. The number of hydrogen-bond donors (Lipinski definition) is 0. The van der Waals surface area contributed by atoms with E-state index in [0.29, 0.717) is 17.7 Å². The minimum atomic E-state index is -4.65. The van der Waals surface area contributed by atoms with Gasteiger partial charge in [-0.15, -0.1) is 11.6 Å². The fraction of sp³-hybridized carbons (Fsp3) is 0.273. The van der Waals surface area contributed by atoms with Crippen molar-refractivity contribution in [2.45, 2.75) is 6.18 Å². The minimum absolute atomic E-state index is 0.0917. The van der Waals surface area contributed by atoms with Crippen LogP contribution >= 0.6 is 11.6 Å². The monoisotopic (exact) mass is 295 g/mol. The number of ether oxygens (including phenoxy) is 1. The van der Waals surface area contributed by atoms with Gasteiger partial charge in [-0.2, -0.15) is 13.2 Å². The molecule has 0 spiro atoms. The zero-order chi connectivity index (χ0) is 14.6. The van der Waals surface area contributed by atoms with E-state index in [2.05, 4.69) is 6.58 Å². The Labute approximate surface area is 111 Å². The largest absolute Gasteiger partial charge is 0.482 e. The van der Waals surface area contributed by atoms with Gasteiger partial charge < -0.3 is 4.74 Å². The van der Waals surface area contributed by atoms with Crippen LogP contribution in [-0.4, -0.2) is 17.4 Å². The van der Waals surface area contributed by atoms with E-state index in [1.807, 2.05) is 0 Å². The summed E-state index contributed by atoms with van der Waals surface area (Å²) in [6.45, 7) is 3.41. The highest BCUT2D eigenvalue weighted by Gasteiger charge is 2.33. The normalized spacial score (nSPS) is 11.2. The molecule has 0 aromatic heterocycles. The molecule has 0 aliphatic heterocycles. The van der Waals surface area contributed by atoms with Gasteiger partial charge in [0.1, 0.15) is 6.61 Å². The average molecular weight is 296 g/mol. The molecule has 0 saturated heterocycles. The number of rotatable bonds is 5. The lowest BCUT2D eigenvalue weighted by Gasteiger charge is -2.10. The van der Waals surface area contributed by atoms with Gasteiger partial charge in [-0.1, -0.05) is 6.58 Å². The molecular formula is C11H9ClF3NO3. The number of halogens is 4. The van der Waals surface area contributed by atoms with Crippen LogP contribution in [0.15, 0.2) is 30.4 Å². The summed E-state index contributed by atoms with van der Waals surface area (Å²) in [5.74, 6) is -0.168. The Morgan fingerprint density at radius 1 is 1.47 bits per heavy atom. The first-order valence-corrected chi connectivity index (χ1v) is 5.50. The third-order valence-corrected chi connectivity index (χ3v) is 2.48. The van der Waals surface area contributed by atoms with E-state index < -0.39 is 22.4 Å². The Kier molecular flexibility index (Phi) is 4.77. The first-order valence-electron chi connectivity index (χ1n) is 4.96. The van der Waals surface area contributed by atoms with Crippen LogP contribution in [0.25, 0.3) is 0 Å². The summed E-state index contributed by atoms with van der Waals surface area (Å²) in [4.78, 5) is 9.79. The molecule has 0 fully saturated rings. The molecule has 0 amide bonds. The topological polar surface area (TPSA) is 52.4 Å². The number of alkyl halides is 4. The van der Waals surface area contributed by atoms with Crippen molar-refractivity contribution in [3.8, 4) is 5.75 Å². The predicted octanol–water partition coefficient (Wildman–Crippen LogP) is 3.79. The van der Waals surface area contributed by atoms with Crippen LogP contribution in [0.3, 0.4) is 0 Å². The fourth-order valence-corrected chi connectivity index (χ4v) is 1.25. The third-order valence-electron chi connectivity index (χ3n) is 2.10. The van der Waals surface area contributed by atoms with Gasteiger partial charge >= 0.3 is 11.9 Å². The van der Waals surface area contributed by atoms with Crippen LogP contribution in [-0.2, 0) is 6.18 Å². The van der Waals surface area contributed by atoms with Gasteiger partial charge in [0.25, 0.3) is 0 Å². The lowest BCUT2D eigenvalue weighted by atomic mass is 10.2. The number of nitro groups is 1. The second-order valence-electron chi connectivity index (χ2n) is 3.61. The summed E-state index contributed by atoms with van der Waals surface area (Å²) < 4.78 is 42.3. The van der Waals surface area contributed by atoms with Gasteiger partial charge in [-0.25, -0.2) is 0 Å². The predicted molar refractivity (Wildman–Crippen MR) is 63.5 cm³/mol. The quantitative estimate of drug-likeness (QED) is 0.359. The molecule has 1 rings (SSSR count). The maximum Gasteiger partial charge on any atom is 0.416 e. The molecule has 8 heteroatoms. The Morgan fingerprint density at radius 3 is 2.58 bits per heavy atom. The van der Waals surface area contributed by atoms with Crippen molar-refractivity contribution in [3.63, 3.8) is 0 Å². The molecule has 1 aromatic rings. The lowest BCUT2D eigenvalue weighted by Crippen LogP contribution is -2.08. The number of nitro benzene ring substituents is 1. The van der Waals surface area contributed by atoms with Gasteiger partial charge in [0, 0.05) is 11.9 Å². The maximum absolute atomic E-state index is 12.4. The molecule has 0 unspecified atom stereocenters. The summed E-state index contributed by atoms with van der Waals surface area (Å²) in [5.41, 5.74) is -1.41. The summed E-state index contributed by atoms with van der Waals surface area (Å²) in [5, 5.41) is 10.7. The second kappa shape index (κ2) is 5.92. The lowest BCUT2D eigenvalue weighted by molar-refractivity contribution is -0.386. The van der Waals surface area contributed by atoms with Crippen LogP contribution in [0.5, 0.6) is 5.75 Å². The van der Waals surface area contributed by atoms with Gasteiger partial charge in [0.15, 0.2) is 5.75 Å². The van der Waals surface area contributed by atoms with Crippen LogP contribution in [0.4, 0.5) is 18.9 Å². The molecular weight excluding hydrogens is 287 g/mol. The molecule has 0 aliphatic carbocycles.